The van der Waals surface area contributed by atoms with Gasteiger partial charge in [-0.05, 0) is 34.6 Å². The van der Waals surface area contributed by atoms with Gasteiger partial charge in [-0.25, -0.2) is 4.79 Å². The SMILES string of the molecule is CC(C)N(CCO)CCNC(=O)OC(C)(C)C. The van der Waals surface area contributed by atoms with Crippen LogP contribution in [0.1, 0.15) is 34.6 Å². The lowest BCUT2D eigenvalue weighted by molar-refractivity contribution is 0.0518. The molecule has 0 rings (SSSR count). The smallest absolute Gasteiger partial charge is 0.407 e. The summed E-state index contributed by atoms with van der Waals surface area (Å²) in [6, 6.07) is 0.350. The summed E-state index contributed by atoms with van der Waals surface area (Å²) in [6.45, 7) is 11.6. The Hall–Kier alpha value is -0.810. The second-order valence-corrected chi connectivity index (χ2v) is 5.28. The number of aliphatic hydroxyl groups excluding tert-OH is 1. The standard InChI is InChI=1S/C12H26N2O3/c1-10(2)14(8-9-15)7-6-13-11(16)17-12(3,4)5/h10,15H,6-9H2,1-5H3,(H,13,16). The maximum atomic E-state index is 11.4. The number of carbonyl (C=O) groups excluding carboxylic acids is 1. The van der Waals surface area contributed by atoms with Crippen LogP contribution in [-0.4, -0.2) is 54.0 Å². The molecule has 17 heavy (non-hydrogen) atoms. The van der Waals surface area contributed by atoms with Gasteiger partial charge < -0.3 is 15.2 Å². The van der Waals surface area contributed by atoms with Gasteiger partial charge in [-0.3, -0.25) is 4.90 Å². The van der Waals surface area contributed by atoms with Gasteiger partial charge in [-0.15, -0.1) is 0 Å². The molecule has 0 unspecified atom stereocenters. The fourth-order valence-electron chi connectivity index (χ4n) is 1.37. The number of nitrogens with zero attached hydrogens (tertiary/aromatic N) is 1. The van der Waals surface area contributed by atoms with E-state index < -0.39 is 11.7 Å². The fourth-order valence-corrected chi connectivity index (χ4v) is 1.37. The van der Waals surface area contributed by atoms with Crippen molar-refractivity contribution in [3.63, 3.8) is 0 Å². The van der Waals surface area contributed by atoms with Crippen LogP contribution in [0, 0.1) is 0 Å². The van der Waals surface area contributed by atoms with Crippen molar-refractivity contribution in [2.24, 2.45) is 0 Å². The molecule has 2 N–H and O–H groups in total. The van der Waals surface area contributed by atoms with Gasteiger partial charge >= 0.3 is 6.09 Å². The summed E-state index contributed by atoms with van der Waals surface area (Å²) < 4.78 is 5.12. The normalized spacial score (nSPS) is 12.0. The predicted molar refractivity (Wildman–Crippen MR) is 68.0 cm³/mol. The van der Waals surface area contributed by atoms with Gasteiger partial charge in [0, 0.05) is 25.7 Å². The molecule has 102 valence electrons. The maximum Gasteiger partial charge on any atom is 0.407 e. The summed E-state index contributed by atoms with van der Waals surface area (Å²) in [5, 5.41) is 11.6. The number of alkyl carbamates (subject to hydrolysis) is 1. The van der Waals surface area contributed by atoms with E-state index in [1.54, 1.807) is 0 Å². The highest BCUT2D eigenvalue weighted by Crippen LogP contribution is 2.06. The minimum atomic E-state index is -0.465. The molecule has 0 radical (unpaired) electrons. The van der Waals surface area contributed by atoms with Crippen LogP contribution in [0.3, 0.4) is 0 Å². The van der Waals surface area contributed by atoms with E-state index in [4.69, 9.17) is 9.84 Å². The van der Waals surface area contributed by atoms with Gasteiger partial charge in [0.15, 0.2) is 0 Å². The van der Waals surface area contributed by atoms with E-state index in [9.17, 15) is 4.79 Å². The first-order chi connectivity index (χ1) is 7.76. The first-order valence-electron chi connectivity index (χ1n) is 6.08. The Morgan fingerprint density at radius 3 is 2.35 bits per heavy atom. The van der Waals surface area contributed by atoms with Gasteiger partial charge in [0.25, 0.3) is 0 Å². The van der Waals surface area contributed by atoms with Gasteiger partial charge in [0.2, 0.25) is 0 Å². The summed E-state index contributed by atoms with van der Waals surface area (Å²) in [4.78, 5) is 13.5. The quantitative estimate of drug-likeness (QED) is 0.739. The largest absolute Gasteiger partial charge is 0.444 e. The highest BCUT2D eigenvalue weighted by atomic mass is 16.6. The van der Waals surface area contributed by atoms with Crippen LogP contribution in [0.15, 0.2) is 0 Å². The molecular formula is C12H26N2O3. The number of rotatable bonds is 6. The van der Waals surface area contributed by atoms with Crippen LogP contribution in [0.4, 0.5) is 4.79 Å². The highest BCUT2D eigenvalue weighted by molar-refractivity contribution is 5.67. The van der Waals surface area contributed by atoms with Crippen molar-refractivity contribution in [2.75, 3.05) is 26.2 Å². The Bertz CT molecular complexity index is 224. The van der Waals surface area contributed by atoms with Crippen molar-refractivity contribution < 1.29 is 14.6 Å². The van der Waals surface area contributed by atoms with Crippen molar-refractivity contribution in [1.29, 1.82) is 0 Å². The molecule has 0 aliphatic carbocycles. The third-order valence-electron chi connectivity index (χ3n) is 2.18. The molecule has 5 nitrogen and oxygen atoms in total. The molecule has 0 aromatic carbocycles. The van der Waals surface area contributed by atoms with E-state index in [0.29, 0.717) is 25.7 Å². The molecule has 0 heterocycles. The summed E-state index contributed by atoms with van der Waals surface area (Å²) in [5.74, 6) is 0. The number of hydrogen-bond donors (Lipinski definition) is 2. The molecule has 0 aliphatic rings. The van der Waals surface area contributed by atoms with Gasteiger partial charge in [0.1, 0.15) is 5.60 Å². The first-order valence-corrected chi connectivity index (χ1v) is 6.08. The second-order valence-electron chi connectivity index (χ2n) is 5.28. The Kier molecular flexibility index (Phi) is 7.15. The van der Waals surface area contributed by atoms with Crippen LogP contribution in [0.2, 0.25) is 0 Å². The lowest BCUT2D eigenvalue weighted by Crippen LogP contribution is -2.41. The van der Waals surface area contributed by atoms with Crippen molar-refractivity contribution in [3.05, 3.63) is 0 Å². The monoisotopic (exact) mass is 246 g/mol. The number of amides is 1. The molecule has 0 bridgehead atoms. The average Bonchev–Trinajstić information content (AvgIpc) is 2.13. The van der Waals surface area contributed by atoms with Crippen LogP contribution < -0.4 is 5.32 Å². The van der Waals surface area contributed by atoms with Crippen molar-refractivity contribution in [3.8, 4) is 0 Å². The Morgan fingerprint density at radius 1 is 1.35 bits per heavy atom. The van der Waals surface area contributed by atoms with Crippen LogP contribution in [-0.2, 0) is 4.74 Å². The molecule has 0 fully saturated rings. The molecule has 0 aromatic rings. The molecule has 0 aromatic heterocycles. The average molecular weight is 246 g/mol. The lowest BCUT2D eigenvalue weighted by atomic mass is 10.2. The first kappa shape index (κ1) is 16.2. The lowest BCUT2D eigenvalue weighted by Gasteiger charge is -2.26. The molecule has 0 saturated carbocycles. The maximum absolute atomic E-state index is 11.4. The van der Waals surface area contributed by atoms with E-state index in [1.165, 1.54) is 0 Å². The second kappa shape index (κ2) is 7.50. The number of nitrogens with one attached hydrogen (secondary N) is 1. The molecule has 1 amide bonds. The third kappa shape index (κ3) is 8.94. The van der Waals surface area contributed by atoms with Crippen molar-refractivity contribution in [2.45, 2.75) is 46.3 Å². The predicted octanol–water partition coefficient (Wildman–Crippen LogP) is 1.21. The van der Waals surface area contributed by atoms with E-state index in [0.717, 1.165) is 0 Å². The minimum Gasteiger partial charge on any atom is -0.444 e. The van der Waals surface area contributed by atoms with E-state index in [2.05, 4.69) is 24.1 Å². The van der Waals surface area contributed by atoms with Crippen LogP contribution in [0.25, 0.3) is 0 Å². The Labute approximate surface area is 104 Å². The zero-order valence-electron chi connectivity index (χ0n) is 11.6. The topological polar surface area (TPSA) is 61.8 Å². The van der Waals surface area contributed by atoms with E-state index >= 15 is 0 Å². The molecular weight excluding hydrogens is 220 g/mol. The van der Waals surface area contributed by atoms with Gasteiger partial charge in [-0.2, -0.15) is 0 Å². The Balaban J connectivity index is 3.84. The number of aliphatic hydroxyl groups is 1. The van der Waals surface area contributed by atoms with Gasteiger partial charge in [0.05, 0.1) is 6.61 Å². The molecule has 5 heteroatoms. The molecule has 0 spiro atoms. The van der Waals surface area contributed by atoms with Gasteiger partial charge in [-0.1, -0.05) is 0 Å². The molecule has 0 atom stereocenters. The van der Waals surface area contributed by atoms with E-state index in [1.807, 2.05) is 20.8 Å². The Morgan fingerprint density at radius 2 is 1.94 bits per heavy atom. The summed E-state index contributed by atoms with van der Waals surface area (Å²) in [7, 11) is 0. The van der Waals surface area contributed by atoms with Crippen molar-refractivity contribution >= 4 is 6.09 Å². The summed E-state index contributed by atoms with van der Waals surface area (Å²) in [6.07, 6.45) is -0.398. The highest BCUT2D eigenvalue weighted by Gasteiger charge is 2.16. The van der Waals surface area contributed by atoms with Crippen molar-refractivity contribution in [1.82, 2.24) is 10.2 Å². The zero-order chi connectivity index (χ0) is 13.5. The van der Waals surface area contributed by atoms with Crippen LogP contribution >= 0.6 is 0 Å². The van der Waals surface area contributed by atoms with Crippen LogP contribution in [0.5, 0.6) is 0 Å². The third-order valence-corrected chi connectivity index (χ3v) is 2.18. The fraction of sp³-hybridized carbons (Fsp3) is 0.917. The molecule has 0 aliphatic heterocycles. The number of hydrogen-bond acceptors (Lipinski definition) is 4. The zero-order valence-corrected chi connectivity index (χ0v) is 11.6. The number of carbonyl (C=O) groups is 1. The summed E-state index contributed by atoms with van der Waals surface area (Å²) in [5.41, 5.74) is -0.465. The summed E-state index contributed by atoms with van der Waals surface area (Å²) >= 11 is 0. The molecule has 0 saturated heterocycles. The minimum absolute atomic E-state index is 0.130. The van der Waals surface area contributed by atoms with E-state index in [-0.39, 0.29) is 6.61 Å². The number of ether oxygens (including phenoxy) is 1.